The minimum absolute atomic E-state index is 0. The maximum Gasteiger partial charge on any atom is 1.00 e. The number of para-hydroxylation sites is 1. The predicted molar refractivity (Wildman–Crippen MR) is 137 cm³/mol. The van der Waals surface area contributed by atoms with Gasteiger partial charge in [0.1, 0.15) is 12.4 Å². The van der Waals surface area contributed by atoms with Crippen LogP contribution in [0.2, 0.25) is 5.02 Å². The van der Waals surface area contributed by atoms with Gasteiger partial charge in [0.25, 0.3) is 0 Å². The molecule has 0 spiro atoms. The molecule has 4 aromatic rings. The molecule has 5 rings (SSSR count). The molecule has 7 heteroatoms. The molecule has 1 atom stereocenters. The van der Waals surface area contributed by atoms with E-state index in [1.807, 2.05) is 66.7 Å². The van der Waals surface area contributed by atoms with Crippen LogP contribution < -0.4 is 39.4 Å². The minimum Gasteiger partial charge on any atom is -0.550 e. The fraction of sp³-hybridized carbons (Fsp3) is 0.143. The molecule has 1 aliphatic heterocycles. The molecule has 4 nitrogen and oxygen atoms in total. The average Bonchev–Trinajstić information content (AvgIpc) is 2.99. The Morgan fingerprint density at radius 1 is 1.06 bits per heavy atom. The van der Waals surface area contributed by atoms with Crippen LogP contribution in [0.4, 0.5) is 0 Å². The van der Waals surface area contributed by atoms with Crippen molar-refractivity contribution in [1.82, 2.24) is 4.98 Å². The first-order valence-corrected chi connectivity index (χ1v) is 12.4. The molecule has 0 amide bonds. The number of carboxylic acids is 1. The summed E-state index contributed by atoms with van der Waals surface area (Å²) in [6.45, 7) is 0.482. The van der Waals surface area contributed by atoms with Gasteiger partial charge in [-0.2, -0.15) is 0 Å². The number of aliphatic carboxylic acids is 1. The molecule has 0 radical (unpaired) electrons. The summed E-state index contributed by atoms with van der Waals surface area (Å²) in [6.07, 6.45) is 3.96. The molecule has 0 N–H and O–H groups in total. The third-order valence-electron chi connectivity index (χ3n) is 5.76. The van der Waals surface area contributed by atoms with Crippen molar-refractivity contribution in [3.05, 3.63) is 106 Å². The molecule has 170 valence electrons. The second kappa shape index (κ2) is 11.6. The smallest absolute Gasteiger partial charge is 0.550 e. The van der Waals surface area contributed by atoms with Crippen molar-refractivity contribution in [3.8, 4) is 5.75 Å². The van der Waals surface area contributed by atoms with Crippen molar-refractivity contribution in [3.63, 3.8) is 0 Å². The number of carbonyl (C=O) groups is 1. The fourth-order valence-electron chi connectivity index (χ4n) is 4.11. The van der Waals surface area contributed by atoms with Crippen LogP contribution in [0.5, 0.6) is 5.75 Å². The Balaban J connectivity index is 0.00000289. The average molecular weight is 510 g/mol. The second-order valence-electron chi connectivity index (χ2n) is 8.04. The fourth-order valence-corrected chi connectivity index (χ4v) is 5.68. The third-order valence-corrected chi connectivity index (χ3v) is 7.35. The molecule has 1 aromatic heterocycles. The topological polar surface area (TPSA) is 62.2 Å². The Hall–Kier alpha value is -2.28. The number of nitrogens with zero attached hydrogens (tertiary/aromatic N) is 1. The van der Waals surface area contributed by atoms with Crippen molar-refractivity contribution < 1.29 is 44.2 Å². The summed E-state index contributed by atoms with van der Waals surface area (Å²) in [5, 5.41) is 12.6. The number of benzene rings is 3. The van der Waals surface area contributed by atoms with Gasteiger partial charge in [0.2, 0.25) is 0 Å². The Morgan fingerprint density at radius 2 is 1.86 bits per heavy atom. The van der Waals surface area contributed by atoms with Crippen molar-refractivity contribution in [2.75, 3.05) is 5.75 Å². The summed E-state index contributed by atoms with van der Waals surface area (Å²) in [5.74, 6) is 0.232. The molecule has 35 heavy (non-hydrogen) atoms. The molecule has 3 aromatic carbocycles. The van der Waals surface area contributed by atoms with Gasteiger partial charge < -0.3 is 14.6 Å². The number of carboxylic acid groups (broad SMARTS) is 1. The monoisotopic (exact) mass is 509 g/mol. The van der Waals surface area contributed by atoms with Gasteiger partial charge in [-0.1, -0.05) is 66.2 Å². The van der Waals surface area contributed by atoms with E-state index in [0.29, 0.717) is 17.4 Å². The number of hydrogen-bond donors (Lipinski definition) is 0. The number of ether oxygens (including phenoxy) is 1. The maximum atomic E-state index is 11.0. The van der Waals surface area contributed by atoms with E-state index in [2.05, 4.69) is 18.2 Å². The van der Waals surface area contributed by atoms with Gasteiger partial charge in [0.15, 0.2) is 0 Å². The van der Waals surface area contributed by atoms with Crippen LogP contribution in [0.25, 0.3) is 23.1 Å². The van der Waals surface area contributed by atoms with Crippen molar-refractivity contribution >= 4 is 52.4 Å². The zero-order valence-electron chi connectivity index (χ0n) is 19.2. The number of hydrogen-bond acceptors (Lipinski definition) is 5. The molecule has 0 bridgehead atoms. The van der Waals surface area contributed by atoms with Crippen LogP contribution in [-0.4, -0.2) is 16.7 Å². The molecule has 0 saturated carbocycles. The first kappa shape index (κ1) is 25.8. The van der Waals surface area contributed by atoms with E-state index < -0.39 is 5.97 Å². The second-order valence-corrected chi connectivity index (χ2v) is 9.66. The summed E-state index contributed by atoms with van der Waals surface area (Å²) >= 11 is 8.05. The van der Waals surface area contributed by atoms with Crippen molar-refractivity contribution in [1.29, 1.82) is 0 Å². The maximum absolute atomic E-state index is 11.0. The molecule has 2 heterocycles. The van der Waals surface area contributed by atoms with Crippen LogP contribution in [0.3, 0.4) is 0 Å². The van der Waals surface area contributed by atoms with Gasteiger partial charge in [-0.15, -0.1) is 11.8 Å². The third kappa shape index (κ3) is 5.93. The number of pyridine rings is 1. The Labute approximate surface area is 235 Å². The van der Waals surface area contributed by atoms with E-state index in [0.717, 1.165) is 44.6 Å². The minimum atomic E-state index is -1.04. The number of halogens is 1. The van der Waals surface area contributed by atoms with E-state index in [1.54, 1.807) is 11.8 Å². The van der Waals surface area contributed by atoms with Crippen molar-refractivity contribution in [2.24, 2.45) is 0 Å². The quantitative estimate of drug-likeness (QED) is 0.374. The van der Waals surface area contributed by atoms with E-state index in [9.17, 15) is 9.90 Å². The molecule has 0 saturated heterocycles. The summed E-state index contributed by atoms with van der Waals surface area (Å²) in [5.41, 5.74) is 5.91. The predicted octanol–water partition coefficient (Wildman–Crippen LogP) is 2.92. The SMILES string of the molecule is O=C([O-])CCSC1c2ccccc2COc2ccc(/C=C/c3cc(Cl)c4ccccc4n3)cc21.[Na+]. The summed E-state index contributed by atoms with van der Waals surface area (Å²) < 4.78 is 6.12. The summed E-state index contributed by atoms with van der Waals surface area (Å²) in [7, 11) is 0. The largest absolute Gasteiger partial charge is 1.00 e. The normalized spacial score (nSPS) is 14.5. The zero-order valence-corrected chi connectivity index (χ0v) is 22.8. The van der Waals surface area contributed by atoms with Crippen LogP contribution in [0, 0.1) is 0 Å². The number of fused-ring (bicyclic) bond motifs is 3. The first-order valence-electron chi connectivity index (χ1n) is 11.0. The molecule has 1 unspecified atom stereocenters. The van der Waals surface area contributed by atoms with Gasteiger partial charge in [-0.05, 0) is 59.2 Å². The number of aromatic nitrogens is 1. The number of carbonyl (C=O) groups excluding carboxylic acids is 1. The zero-order chi connectivity index (χ0) is 23.5. The summed E-state index contributed by atoms with van der Waals surface area (Å²) in [6, 6.07) is 23.9. The van der Waals surface area contributed by atoms with Crippen LogP contribution in [0.1, 0.15) is 39.6 Å². The van der Waals surface area contributed by atoms with Gasteiger partial charge in [-0.25, -0.2) is 4.98 Å². The number of thioether (sulfide) groups is 1. The van der Waals surface area contributed by atoms with Crippen LogP contribution >= 0.6 is 23.4 Å². The standard InChI is InChI=1S/C28H22ClNO3S.Na/c29-24-16-20(30-25-8-4-3-7-22(24)25)11-9-18-10-12-26-23(15-18)28(34-14-13-27(31)32)21-6-2-1-5-19(21)17-33-26;/h1-12,15-16,28H,13-14,17H2,(H,31,32);/q;+1/p-1/b11-9+;. The van der Waals surface area contributed by atoms with E-state index in [-0.39, 0.29) is 41.2 Å². The molecular weight excluding hydrogens is 489 g/mol. The van der Waals surface area contributed by atoms with Gasteiger partial charge in [0, 0.05) is 16.9 Å². The van der Waals surface area contributed by atoms with Crippen LogP contribution in [0.15, 0.2) is 72.8 Å². The number of rotatable bonds is 6. The molecule has 0 fully saturated rings. The van der Waals surface area contributed by atoms with E-state index in [4.69, 9.17) is 21.3 Å². The van der Waals surface area contributed by atoms with E-state index in [1.165, 1.54) is 0 Å². The van der Waals surface area contributed by atoms with Gasteiger partial charge in [-0.3, -0.25) is 0 Å². The molecule has 0 aliphatic carbocycles. The Morgan fingerprint density at radius 3 is 2.71 bits per heavy atom. The molecule has 1 aliphatic rings. The Kier molecular flexibility index (Phi) is 8.58. The van der Waals surface area contributed by atoms with Gasteiger partial charge in [0.05, 0.1) is 21.5 Å². The summed E-state index contributed by atoms with van der Waals surface area (Å²) in [4.78, 5) is 15.7. The first-order chi connectivity index (χ1) is 16.6. The van der Waals surface area contributed by atoms with Gasteiger partial charge >= 0.3 is 29.6 Å². The van der Waals surface area contributed by atoms with Crippen LogP contribution in [-0.2, 0) is 11.4 Å². The Bertz CT molecular complexity index is 1410. The van der Waals surface area contributed by atoms with Crippen molar-refractivity contribution in [2.45, 2.75) is 18.3 Å². The molecular formula is C28H21ClNNaO3S. The van der Waals surface area contributed by atoms with E-state index >= 15 is 0 Å².